The fraction of sp³-hybridized carbons (Fsp3) is 0.250. The Morgan fingerprint density at radius 1 is 1.40 bits per heavy atom. The van der Waals surface area contributed by atoms with Crippen molar-refractivity contribution >= 4 is 6.29 Å². The van der Waals surface area contributed by atoms with E-state index in [1.54, 1.807) is 12.4 Å². The van der Waals surface area contributed by atoms with Gasteiger partial charge < -0.3 is 0 Å². The minimum absolute atomic E-state index is 0.387. The quantitative estimate of drug-likeness (QED) is 0.576. The van der Waals surface area contributed by atoms with Crippen LogP contribution in [0, 0.1) is 13.8 Å². The second kappa shape index (κ2) is 2.60. The normalized spacial score (nSPS) is 9.40. The van der Waals surface area contributed by atoms with Crippen molar-refractivity contribution in [3.63, 3.8) is 0 Å². The molecule has 2 nitrogen and oxygen atoms in total. The summed E-state index contributed by atoms with van der Waals surface area (Å²) in [7, 11) is 0. The van der Waals surface area contributed by atoms with Crippen molar-refractivity contribution in [2.24, 2.45) is 0 Å². The highest BCUT2D eigenvalue weighted by molar-refractivity contribution is 5.72. The highest BCUT2D eigenvalue weighted by Gasteiger charge is 1.94. The molecule has 2 heteroatoms. The molecule has 10 heavy (non-hydrogen) atoms. The van der Waals surface area contributed by atoms with Crippen LogP contribution in [0.5, 0.6) is 0 Å². The van der Waals surface area contributed by atoms with Crippen LogP contribution in [0.25, 0.3) is 0 Å². The van der Waals surface area contributed by atoms with Gasteiger partial charge in [0.25, 0.3) is 6.29 Å². The molecular weight excluding hydrogens is 126 g/mol. The first kappa shape index (κ1) is 6.93. The Bertz CT molecular complexity index is 235. The third-order valence-electron chi connectivity index (χ3n) is 1.20. The zero-order valence-corrected chi connectivity index (χ0v) is 6.01. The number of hydrogen-bond acceptors (Lipinski definition) is 2. The van der Waals surface area contributed by atoms with Gasteiger partial charge in [-0.2, -0.15) is 0 Å². The molecule has 0 N–H and O–H groups in total. The Balaban J connectivity index is 3.18. The Labute approximate surface area is 59.9 Å². The second-order valence-electron chi connectivity index (χ2n) is 2.27. The van der Waals surface area contributed by atoms with E-state index in [2.05, 4.69) is 4.98 Å². The minimum Gasteiger partial charge on any atom is -0.283 e. The molecule has 1 heterocycles. The molecule has 0 aromatic carbocycles. The average Bonchev–Trinajstić information content (AvgIpc) is 1.85. The largest absolute Gasteiger partial charge is 0.283 e. The number of rotatable bonds is 1. The zero-order valence-electron chi connectivity index (χ0n) is 6.01. The first-order chi connectivity index (χ1) is 4.72. The monoisotopic (exact) mass is 134 g/mol. The van der Waals surface area contributed by atoms with E-state index in [-0.39, 0.29) is 0 Å². The van der Waals surface area contributed by atoms with Crippen LogP contribution in [0.2, 0.25) is 0 Å². The summed E-state index contributed by atoms with van der Waals surface area (Å²) in [5.74, 6) is 0. The molecule has 51 valence electrons. The smallest absolute Gasteiger partial charge is 0.253 e. The Kier molecular flexibility index (Phi) is 1.81. The Morgan fingerprint density at radius 3 is 2.60 bits per heavy atom. The molecule has 1 aromatic rings. The summed E-state index contributed by atoms with van der Waals surface area (Å²) >= 11 is 0. The van der Waals surface area contributed by atoms with E-state index in [9.17, 15) is 4.79 Å². The maximum atomic E-state index is 10.1. The molecule has 1 aromatic heterocycles. The number of aryl methyl sites for hydroxylation is 2. The van der Waals surface area contributed by atoms with Gasteiger partial charge in [0, 0.05) is 5.69 Å². The molecule has 0 bridgehead atoms. The van der Waals surface area contributed by atoms with Gasteiger partial charge in [-0.25, -0.2) is 4.98 Å². The highest BCUT2D eigenvalue weighted by atomic mass is 16.1. The minimum atomic E-state index is 0.387. The van der Waals surface area contributed by atoms with Crippen molar-refractivity contribution in [3.05, 3.63) is 29.1 Å². The molecule has 0 aliphatic heterocycles. The molecule has 0 atom stereocenters. The van der Waals surface area contributed by atoms with E-state index >= 15 is 0 Å². The molecule has 0 saturated carbocycles. The van der Waals surface area contributed by atoms with Crippen molar-refractivity contribution in [1.82, 2.24) is 4.98 Å². The lowest BCUT2D eigenvalue weighted by Gasteiger charge is -1.94. The van der Waals surface area contributed by atoms with Gasteiger partial charge >= 0.3 is 0 Å². The van der Waals surface area contributed by atoms with Crippen molar-refractivity contribution in [3.8, 4) is 0 Å². The Morgan fingerprint density at radius 2 is 2.10 bits per heavy atom. The van der Waals surface area contributed by atoms with Gasteiger partial charge in [-0.3, -0.25) is 4.79 Å². The van der Waals surface area contributed by atoms with Gasteiger partial charge in [0.15, 0.2) is 0 Å². The van der Waals surface area contributed by atoms with Crippen molar-refractivity contribution in [1.29, 1.82) is 0 Å². The molecule has 0 aliphatic carbocycles. The second-order valence-corrected chi connectivity index (χ2v) is 2.27. The first-order valence-electron chi connectivity index (χ1n) is 3.06. The molecule has 1 rings (SSSR count). The van der Waals surface area contributed by atoms with Crippen molar-refractivity contribution in [2.75, 3.05) is 0 Å². The lowest BCUT2D eigenvalue weighted by atomic mass is 10.2. The van der Waals surface area contributed by atoms with E-state index in [1.807, 2.05) is 19.9 Å². The van der Waals surface area contributed by atoms with Crippen LogP contribution >= 0.6 is 0 Å². The van der Waals surface area contributed by atoms with Crippen LogP contribution in [0.15, 0.2) is 12.1 Å². The van der Waals surface area contributed by atoms with Crippen LogP contribution in [-0.2, 0) is 4.79 Å². The molecule has 0 unspecified atom stereocenters. The number of carbonyl (C=O) groups excluding carboxylic acids is 1. The van der Waals surface area contributed by atoms with Gasteiger partial charge in [-0.1, -0.05) is 0 Å². The van der Waals surface area contributed by atoms with E-state index in [4.69, 9.17) is 0 Å². The fourth-order valence-electron chi connectivity index (χ4n) is 0.894. The van der Waals surface area contributed by atoms with Crippen LogP contribution in [0.3, 0.4) is 0 Å². The predicted octanol–water partition coefficient (Wildman–Crippen LogP) is 1.16. The van der Waals surface area contributed by atoms with Gasteiger partial charge in [-0.05, 0) is 31.5 Å². The maximum Gasteiger partial charge on any atom is 0.253 e. The first-order valence-corrected chi connectivity index (χ1v) is 3.06. The molecule has 0 fully saturated rings. The van der Waals surface area contributed by atoms with E-state index in [0.717, 1.165) is 11.3 Å². The van der Waals surface area contributed by atoms with E-state index in [0.29, 0.717) is 5.69 Å². The summed E-state index contributed by atoms with van der Waals surface area (Å²) in [5, 5.41) is 0. The lowest BCUT2D eigenvalue weighted by molar-refractivity contribution is 0.561. The number of nitrogens with zero attached hydrogens (tertiary/aromatic N) is 1. The van der Waals surface area contributed by atoms with Gasteiger partial charge in [0.05, 0.1) is 0 Å². The summed E-state index contributed by atoms with van der Waals surface area (Å²) in [6, 6.07) is 3.63. The van der Waals surface area contributed by atoms with E-state index < -0.39 is 0 Å². The van der Waals surface area contributed by atoms with Crippen molar-refractivity contribution < 1.29 is 4.79 Å². The third kappa shape index (κ3) is 1.41. The predicted molar refractivity (Wildman–Crippen MR) is 38.5 cm³/mol. The topological polar surface area (TPSA) is 30.0 Å². The lowest BCUT2D eigenvalue weighted by Crippen LogP contribution is -1.90. The summed E-state index contributed by atoms with van der Waals surface area (Å²) in [6.45, 7) is 3.78. The van der Waals surface area contributed by atoms with Crippen molar-refractivity contribution in [2.45, 2.75) is 13.8 Å². The molecule has 0 spiro atoms. The van der Waals surface area contributed by atoms with Gasteiger partial charge in [-0.15, -0.1) is 0 Å². The Hall–Kier alpha value is -1.18. The number of hydrogen-bond donors (Lipinski definition) is 0. The van der Waals surface area contributed by atoms with Crippen LogP contribution < -0.4 is 0 Å². The maximum absolute atomic E-state index is 10.1. The summed E-state index contributed by atoms with van der Waals surface area (Å²) < 4.78 is 0. The summed E-state index contributed by atoms with van der Waals surface area (Å²) in [5.41, 5.74) is 2.29. The van der Waals surface area contributed by atoms with E-state index in [1.165, 1.54) is 0 Å². The number of pyridine rings is 1. The molecule has 0 amide bonds. The summed E-state index contributed by atoms with van der Waals surface area (Å²) in [6.07, 6.45) is 1.75. The zero-order chi connectivity index (χ0) is 7.56. The van der Waals surface area contributed by atoms with Crippen LogP contribution in [0.1, 0.15) is 17.0 Å². The fourth-order valence-corrected chi connectivity index (χ4v) is 0.894. The highest BCUT2D eigenvalue weighted by Crippen LogP contribution is 2.01. The molecule has 0 aliphatic rings. The number of aromatic nitrogens is 1. The average molecular weight is 134 g/mol. The standard InChI is InChI=1S/C8H8NO/c1-6-3-7(2)9-8(4-6)5-10/h3-4H,1-2H3. The van der Waals surface area contributed by atoms with Gasteiger partial charge in [0.2, 0.25) is 0 Å². The van der Waals surface area contributed by atoms with Gasteiger partial charge in [0.1, 0.15) is 5.69 Å². The SMILES string of the molecule is Cc1cc(C)nc([C]=O)c1. The molecule has 1 radical (unpaired) electrons. The van der Waals surface area contributed by atoms with Crippen LogP contribution in [0.4, 0.5) is 0 Å². The molecular formula is C8H8NO. The third-order valence-corrected chi connectivity index (χ3v) is 1.20. The van der Waals surface area contributed by atoms with Crippen LogP contribution in [-0.4, -0.2) is 11.3 Å². The summed E-state index contributed by atoms with van der Waals surface area (Å²) in [4.78, 5) is 14.1. The molecule has 0 saturated heterocycles.